The minimum atomic E-state index is -0.488. The predicted molar refractivity (Wildman–Crippen MR) is 77.6 cm³/mol. The summed E-state index contributed by atoms with van der Waals surface area (Å²) in [6.45, 7) is 5.39. The molecule has 1 fully saturated rings. The lowest BCUT2D eigenvalue weighted by Gasteiger charge is -2.07. The van der Waals surface area contributed by atoms with Gasteiger partial charge >= 0.3 is 0 Å². The average Bonchev–Trinajstić information content (AvgIpc) is 3.21. The monoisotopic (exact) mass is 287 g/mol. The third-order valence-electron chi connectivity index (χ3n) is 3.79. The number of nitrogens with one attached hydrogen (secondary N) is 3. The van der Waals surface area contributed by atoms with Gasteiger partial charge in [-0.15, -0.1) is 0 Å². The maximum absolute atomic E-state index is 12.3. The van der Waals surface area contributed by atoms with E-state index in [1.807, 2.05) is 13.8 Å². The van der Waals surface area contributed by atoms with Gasteiger partial charge in [0, 0.05) is 17.2 Å². The van der Waals surface area contributed by atoms with Crippen LogP contribution in [-0.2, 0) is 0 Å². The number of amides is 1. The topological polar surface area (TPSA) is 104 Å². The number of hydrogen-bond donors (Lipinski definition) is 3. The molecule has 0 radical (unpaired) electrons. The van der Waals surface area contributed by atoms with Crippen LogP contribution in [0.3, 0.4) is 0 Å². The first-order valence-electron chi connectivity index (χ1n) is 6.91. The third kappa shape index (κ3) is 2.46. The zero-order chi connectivity index (χ0) is 15.1. The van der Waals surface area contributed by atoms with Gasteiger partial charge in [0.1, 0.15) is 11.4 Å². The van der Waals surface area contributed by atoms with E-state index in [1.54, 1.807) is 6.92 Å². The predicted octanol–water partition coefficient (Wildman–Crippen LogP) is 1.55. The standard InChI is InChI=1S/C14H17N5O2/c1-6-7(2)18-19-11(6)16-13(20)10-8(3)15-12(9-4-5-9)17-14(10)21/h9H,4-5H2,1-3H3,(H,15,17,21)(H2,16,18,19,20). The molecule has 2 aromatic rings. The molecule has 1 aliphatic carbocycles. The molecule has 1 amide bonds. The van der Waals surface area contributed by atoms with Gasteiger partial charge in [0.2, 0.25) is 0 Å². The molecule has 0 spiro atoms. The molecule has 0 saturated heterocycles. The summed E-state index contributed by atoms with van der Waals surface area (Å²) in [4.78, 5) is 31.5. The van der Waals surface area contributed by atoms with E-state index >= 15 is 0 Å². The fourth-order valence-corrected chi connectivity index (χ4v) is 2.20. The fraction of sp³-hybridized carbons (Fsp3) is 0.429. The maximum Gasteiger partial charge on any atom is 0.264 e. The Hall–Kier alpha value is -2.44. The van der Waals surface area contributed by atoms with Gasteiger partial charge in [-0.2, -0.15) is 5.10 Å². The van der Waals surface area contributed by atoms with Crippen LogP contribution in [0, 0.1) is 20.8 Å². The van der Waals surface area contributed by atoms with E-state index in [2.05, 4.69) is 25.5 Å². The molecular weight excluding hydrogens is 270 g/mol. The quantitative estimate of drug-likeness (QED) is 0.796. The first-order valence-corrected chi connectivity index (χ1v) is 6.91. The van der Waals surface area contributed by atoms with E-state index in [0.29, 0.717) is 23.3 Å². The van der Waals surface area contributed by atoms with Crippen molar-refractivity contribution in [1.29, 1.82) is 0 Å². The van der Waals surface area contributed by atoms with Crippen LogP contribution in [0.25, 0.3) is 0 Å². The number of carbonyl (C=O) groups excluding carboxylic acids is 1. The molecule has 2 aromatic heterocycles. The van der Waals surface area contributed by atoms with E-state index in [9.17, 15) is 9.59 Å². The van der Waals surface area contributed by atoms with Crippen LogP contribution in [0.4, 0.5) is 5.82 Å². The van der Waals surface area contributed by atoms with Crippen LogP contribution < -0.4 is 10.9 Å². The van der Waals surface area contributed by atoms with Crippen LogP contribution in [0.5, 0.6) is 0 Å². The number of aromatic amines is 2. The number of anilines is 1. The highest BCUT2D eigenvalue weighted by atomic mass is 16.2. The Morgan fingerprint density at radius 2 is 2.00 bits per heavy atom. The highest BCUT2D eigenvalue weighted by Gasteiger charge is 2.28. The van der Waals surface area contributed by atoms with E-state index < -0.39 is 11.5 Å². The van der Waals surface area contributed by atoms with Gasteiger partial charge in [-0.05, 0) is 33.6 Å². The van der Waals surface area contributed by atoms with Crippen molar-refractivity contribution in [3.05, 3.63) is 38.7 Å². The van der Waals surface area contributed by atoms with Gasteiger partial charge in [-0.3, -0.25) is 14.7 Å². The van der Waals surface area contributed by atoms with E-state index in [-0.39, 0.29) is 5.56 Å². The molecule has 0 unspecified atom stereocenters. The number of rotatable bonds is 3. The van der Waals surface area contributed by atoms with Crippen molar-refractivity contribution in [2.24, 2.45) is 0 Å². The lowest BCUT2D eigenvalue weighted by Crippen LogP contribution is -2.27. The third-order valence-corrected chi connectivity index (χ3v) is 3.79. The molecule has 0 bridgehead atoms. The van der Waals surface area contributed by atoms with Crippen molar-refractivity contribution in [2.45, 2.75) is 39.5 Å². The summed E-state index contributed by atoms with van der Waals surface area (Å²) in [5.74, 6) is 0.964. The molecule has 0 aliphatic heterocycles. The normalized spacial score (nSPS) is 14.2. The highest BCUT2D eigenvalue weighted by Crippen LogP contribution is 2.37. The van der Waals surface area contributed by atoms with Crippen LogP contribution >= 0.6 is 0 Å². The minimum absolute atomic E-state index is 0.0412. The minimum Gasteiger partial charge on any atom is -0.310 e. The Balaban J connectivity index is 1.91. The zero-order valence-corrected chi connectivity index (χ0v) is 12.2. The summed E-state index contributed by atoms with van der Waals surface area (Å²) in [6, 6.07) is 0. The fourth-order valence-electron chi connectivity index (χ4n) is 2.20. The first kappa shape index (κ1) is 13.5. The van der Waals surface area contributed by atoms with Crippen LogP contribution in [0.1, 0.15) is 51.9 Å². The lowest BCUT2D eigenvalue weighted by molar-refractivity contribution is 0.102. The molecule has 7 heteroatoms. The van der Waals surface area contributed by atoms with Crippen LogP contribution in [0.15, 0.2) is 4.79 Å². The first-order chi connectivity index (χ1) is 9.97. The maximum atomic E-state index is 12.3. The van der Waals surface area contributed by atoms with Crippen molar-refractivity contribution in [2.75, 3.05) is 5.32 Å². The highest BCUT2D eigenvalue weighted by molar-refractivity contribution is 6.04. The van der Waals surface area contributed by atoms with Crippen molar-refractivity contribution >= 4 is 11.7 Å². The Labute approximate surface area is 121 Å². The Kier molecular flexibility index (Phi) is 3.12. The number of H-pyrrole nitrogens is 2. The van der Waals surface area contributed by atoms with Crippen molar-refractivity contribution in [3.8, 4) is 0 Å². The summed E-state index contributed by atoms with van der Waals surface area (Å²) in [6.07, 6.45) is 2.08. The summed E-state index contributed by atoms with van der Waals surface area (Å²) in [5, 5.41) is 9.45. The Bertz CT molecular complexity index is 770. The largest absolute Gasteiger partial charge is 0.310 e. The number of carbonyl (C=O) groups is 1. The number of nitrogens with zero attached hydrogens (tertiary/aromatic N) is 2. The molecule has 110 valence electrons. The van der Waals surface area contributed by atoms with E-state index in [4.69, 9.17) is 0 Å². The van der Waals surface area contributed by atoms with Crippen LogP contribution in [0.2, 0.25) is 0 Å². The summed E-state index contributed by atoms with van der Waals surface area (Å²) in [7, 11) is 0. The number of aromatic nitrogens is 4. The van der Waals surface area contributed by atoms with Crippen molar-refractivity contribution < 1.29 is 4.79 Å². The van der Waals surface area contributed by atoms with Gasteiger partial charge < -0.3 is 10.3 Å². The van der Waals surface area contributed by atoms with Crippen molar-refractivity contribution in [1.82, 2.24) is 20.2 Å². The second-order valence-corrected chi connectivity index (χ2v) is 5.46. The molecule has 3 rings (SSSR count). The lowest BCUT2D eigenvalue weighted by atomic mass is 10.2. The average molecular weight is 287 g/mol. The van der Waals surface area contributed by atoms with Gasteiger partial charge in [-0.1, -0.05) is 0 Å². The number of hydrogen-bond acceptors (Lipinski definition) is 4. The Morgan fingerprint density at radius 1 is 1.29 bits per heavy atom. The van der Waals surface area contributed by atoms with Crippen molar-refractivity contribution in [3.63, 3.8) is 0 Å². The van der Waals surface area contributed by atoms with Gasteiger partial charge in [0.25, 0.3) is 11.5 Å². The van der Waals surface area contributed by atoms with Gasteiger partial charge in [0.05, 0.1) is 5.69 Å². The SMILES string of the molecule is Cc1nc(C2CC2)[nH]c(=O)c1C(=O)Nc1n[nH]c(C)c1C. The second-order valence-electron chi connectivity index (χ2n) is 5.46. The zero-order valence-electron chi connectivity index (χ0n) is 12.2. The molecule has 2 heterocycles. The van der Waals surface area contributed by atoms with E-state index in [0.717, 1.165) is 24.1 Å². The summed E-state index contributed by atoms with van der Waals surface area (Å²) in [5.41, 5.74) is 1.81. The molecule has 3 N–H and O–H groups in total. The van der Waals surface area contributed by atoms with Crippen LogP contribution in [-0.4, -0.2) is 26.1 Å². The molecule has 1 aliphatic rings. The van der Waals surface area contributed by atoms with Gasteiger partial charge in [0.15, 0.2) is 5.82 Å². The molecule has 0 aromatic carbocycles. The summed E-state index contributed by atoms with van der Waals surface area (Å²) >= 11 is 0. The molecule has 1 saturated carbocycles. The summed E-state index contributed by atoms with van der Waals surface area (Å²) < 4.78 is 0. The Morgan fingerprint density at radius 3 is 2.52 bits per heavy atom. The van der Waals surface area contributed by atoms with E-state index in [1.165, 1.54) is 0 Å². The molecular formula is C14H17N5O2. The molecule has 0 atom stereocenters. The molecule has 21 heavy (non-hydrogen) atoms. The van der Waals surface area contributed by atoms with Gasteiger partial charge in [-0.25, -0.2) is 4.98 Å². The molecule has 7 nitrogen and oxygen atoms in total. The number of aryl methyl sites for hydroxylation is 2. The smallest absolute Gasteiger partial charge is 0.264 e. The second kappa shape index (κ2) is 4.83.